The van der Waals surface area contributed by atoms with Crippen molar-refractivity contribution in [3.8, 4) is 0 Å². The predicted molar refractivity (Wildman–Crippen MR) is 69.5 cm³/mol. The Bertz CT molecular complexity index is 908. The van der Waals surface area contributed by atoms with Crippen molar-refractivity contribution >= 4 is 11.0 Å². The molecular weight excluding hydrogens is 260 g/mol. The molecule has 3 aromatic rings. The largest absolute Gasteiger partial charge is 0.316 e. The summed E-state index contributed by atoms with van der Waals surface area (Å²) in [6, 6.07) is 3.77. The van der Waals surface area contributed by atoms with Crippen LogP contribution in [0.15, 0.2) is 21.7 Å². The van der Waals surface area contributed by atoms with Crippen molar-refractivity contribution < 1.29 is 0 Å². The van der Waals surface area contributed by atoms with Crippen molar-refractivity contribution in [3.63, 3.8) is 0 Å². The maximum Gasteiger partial charge on any atom is 0.314 e. The van der Waals surface area contributed by atoms with Crippen LogP contribution in [0.2, 0.25) is 0 Å². The lowest BCUT2D eigenvalue weighted by atomic mass is 10.1. The van der Waals surface area contributed by atoms with Crippen LogP contribution in [-0.4, -0.2) is 30.6 Å². The van der Waals surface area contributed by atoms with Gasteiger partial charge in [0, 0.05) is 5.92 Å². The second-order valence-corrected chi connectivity index (χ2v) is 4.91. The number of hydrogen-bond acceptors (Lipinski definition) is 5. The second kappa shape index (κ2) is 3.86. The molecule has 1 aliphatic rings. The summed E-state index contributed by atoms with van der Waals surface area (Å²) in [7, 11) is 0. The lowest BCUT2D eigenvalue weighted by Gasteiger charge is -2.03. The van der Waals surface area contributed by atoms with Crippen molar-refractivity contribution in [2.75, 3.05) is 0 Å². The van der Waals surface area contributed by atoms with Crippen LogP contribution >= 0.6 is 0 Å². The summed E-state index contributed by atoms with van der Waals surface area (Å²) in [5.74, 6) is 0.811. The van der Waals surface area contributed by atoms with Gasteiger partial charge < -0.3 is 9.97 Å². The third kappa shape index (κ3) is 1.51. The molecule has 1 atom stereocenters. The molecule has 0 saturated carbocycles. The van der Waals surface area contributed by atoms with Gasteiger partial charge in [-0.3, -0.25) is 9.59 Å². The number of tetrazole rings is 1. The molecule has 0 saturated heterocycles. The highest BCUT2D eigenvalue weighted by Crippen LogP contribution is 2.34. The maximum atomic E-state index is 11.5. The zero-order chi connectivity index (χ0) is 13.7. The quantitative estimate of drug-likeness (QED) is 0.520. The average Bonchev–Trinajstić information content (AvgIpc) is 3.07. The molecule has 8 heteroatoms. The molecule has 3 N–H and O–H groups in total. The van der Waals surface area contributed by atoms with Gasteiger partial charge in [-0.05, 0) is 30.0 Å². The number of H-pyrrole nitrogens is 3. The minimum atomic E-state index is -0.634. The maximum absolute atomic E-state index is 11.5. The molecule has 0 aliphatic heterocycles. The fraction of sp³-hybridized carbons (Fsp3) is 0.250. The highest BCUT2D eigenvalue weighted by atomic mass is 16.2. The van der Waals surface area contributed by atoms with Crippen LogP contribution in [0.25, 0.3) is 11.0 Å². The highest BCUT2D eigenvalue weighted by molar-refractivity contribution is 5.79. The second-order valence-electron chi connectivity index (χ2n) is 4.91. The van der Waals surface area contributed by atoms with Crippen LogP contribution in [0.3, 0.4) is 0 Å². The number of hydrogen-bond donors (Lipinski definition) is 3. The van der Waals surface area contributed by atoms with E-state index in [0.717, 1.165) is 17.5 Å². The predicted octanol–water partition coefficient (Wildman–Crippen LogP) is -0.388. The number of nitrogens with one attached hydrogen (secondary N) is 3. The van der Waals surface area contributed by atoms with Crippen LogP contribution < -0.4 is 11.1 Å². The van der Waals surface area contributed by atoms with E-state index < -0.39 is 11.1 Å². The van der Waals surface area contributed by atoms with Crippen molar-refractivity contribution in [1.82, 2.24) is 30.6 Å². The number of aromatic amines is 3. The Morgan fingerprint density at radius 1 is 1.10 bits per heavy atom. The fourth-order valence-corrected chi connectivity index (χ4v) is 2.82. The van der Waals surface area contributed by atoms with E-state index in [0.29, 0.717) is 23.3 Å². The molecule has 0 amide bonds. The molecule has 0 bridgehead atoms. The van der Waals surface area contributed by atoms with Crippen LogP contribution in [0.1, 0.15) is 22.9 Å². The molecule has 0 fully saturated rings. The Labute approximate surface area is 111 Å². The lowest BCUT2D eigenvalue weighted by molar-refractivity contribution is 0.685. The van der Waals surface area contributed by atoms with Crippen molar-refractivity contribution in [1.29, 1.82) is 0 Å². The SMILES string of the molecule is O=c1[nH]c2ccc3c(c2[nH]c1=O)CC(c1nn[nH]n1)C3. The van der Waals surface area contributed by atoms with Gasteiger partial charge in [-0.25, -0.2) is 0 Å². The van der Waals surface area contributed by atoms with Gasteiger partial charge in [-0.2, -0.15) is 5.21 Å². The smallest absolute Gasteiger partial charge is 0.314 e. The average molecular weight is 270 g/mol. The van der Waals surface area contributed by atoms with Crippen molar-refractivity contribution in [3.05, 3.63) is 49.8 Å². The fourth-order valence-electron chi connectivity index (χ4n) is 2.82. The molecule has 20 heavy (non-hydrogen) atoms. The van der Waals surface area contributed by atoms with E-state index in [-0.39, 0.29) is 5.92 Å². The van der Waals surface area contributed by atoms with E-state index in [1.807, 2.05) is 12.1 Å². The first kappa shape index (κ1) is 11.1. The standard InChI is InChI=1S/C12H10N6O2/c19-11-12(20)14-9-7-4-6(10-15-17-18-16-10)3-5(7)1-2-8(9)13-11/h1-2,6H,3-4H2,(H,13,19)(H,14,20)(H,15,16,17,18). The van der Waals surface area contributed by atoms with E-state index in [1.165, 1.54) is 0 Å². The van der Waals surface area contributed by atoms with Crippen molar-refractivity contribution in [2.45, 2.75) is 18.8 Å². The van der Waals surface area contributed by atoms with E-state index >= 15 is 0 Å². The number of aromatic nitrogens is 6. The van der Waals surface area contributed by atoms with Crippen molar-refractivity contribution in [2.24, 2.45) is 0 Å². The molecule has 100 valence electrons. The molecule has 8 nitrogen and oxygen atoms in total. The van der Waals surface area contributed by atoms with Crippen LogP contribution in [0, 0.1) is 0 Å². The summed E-state index contributed by atoms with van der Waals surface area (Å²) in [6.45, 7) is 0. The highest BCUT2D eigenvalue weighted by Gasteiger charge is 2.27. The van der Waals surface area contributed by atoms with Gasteiger partial charge in [0.25, 0.3) is 0 Å². The van der Waals surface area contributed by atoms with Gasteiger partial charge in [0.1, 0.15) is 0 Å². The van der Waals surface area contributed by atoms with Gasteiger partial charge in [0.05, 0.1) is 11.0 Å². The number of fused-ring (bicyclic) bond motifs is 3. The topological polar surface area (TPSA) is 120 Å². The molecule has 1 unspecified atom stereocenters. The summed E-state index contributed by atoms with van der Waals surface area (Å²) >= 11 is 0. The molecule has 2 aromatic heterocycles. The van der Waals surface area contributed by atoms with Gasteiger partial charge in [0.2, 0.25) is 0 Å². The Morgan fingerprint density at radius 3 is 2.75 bits per heavy atom. The van der Waals surface area contributed by atoms with Gasteiger partial charge >= 0.3 is 11.1 Å². The monoisotopic (exact) mass is 270 g/mol. The van der Waals surface area contributed by atoms with Crippen LogP contribution in [-0.2, 0) is 12.8 Å². The number of rotatable bonds is 1. The molecular formula is C12H10N6O2. The van der Waals surface area contributed by atoms with Gasteiger partial charge in [-0.1, -0.05) is 11.3 Å². The van der Waals surface area contributed by atoms with E-state index in [2.05, 4.69) is 30.6 Å². The lowest BCUT2D eigenvalue weighted by Crippen LogP contribution is -2.29. The Morgan fingerprint density at radius 2 is 1.95 bits per heavy atom. The summed E-state index contributed by atoms with van der Waals surface area (Å²) in [4.78, 5) is 28.1. The normalized spacial score (nSPS) is 17.5. The first-order chi connectivity index (χ1) is 9.72. The van der Waals surface area contributed by atoms with Crippen LogP contribution in [0.4, 0.5) is 0 Å². The third-order valence-electron chi connectivity index (χ3n) is 3.75. The number of benzene rings is 1. The Hall–Kier alpha value is -2.77. The molecule has 1 aliphatic carbocycles. The summed E-state index contributed by atoms with van der Waals surface area (Å²) in [6.07, 6.45) is 1.51. The molecule has 2 heterocycles. The Kier molecular flexibility index (Phi) is 2.14. The molecule has 4 rings (SSSR count). The van der Waals surface area contributed by atoms with Gasteiger partial charge in [-0.15, -0.1) is 10.2 Å². The van der Waals surface area contributed by atoms with E-state index in [9.17, 15) is 9.59 Å². The van der Waals surface area contributed by atoms with Gasteiger partial charge in [0.15, 0.2) is 5.82 Å². The number of nitrogens with zero attached hydrogens (tertiary/aromatic N) is 3. The van der Waals surface area contributed by atoms with Crippen LogP contribution in [0.5, 0.6) is 0 Å². The molecule has 0 spiro atoms. The summed E-state index contributed by atoms with van der Waals surface area (Å²) < 4.78 is 0. The molecule has 1 aromatic carbocycles. The van der Waals surface area contributed by atoms with E-state index in [1.54, 1.807) is 0 Å². The summed E-state index contributed by atoms with van der Waals surface area (Å²) in [5.41, 5.74) is 2.24. The third-order valence-corrected chi connectivity index (χ3v) is 3.75. The first-order valence-electron chi connectivity index (χ1n) is 6.23. The molecule has 0 radical (unpaired) electrons. The summed E-state index contributed by atoms with van der Waals surface area (Å²) in [5, 5.41) is 14.1. The minimum Gasteiger partial charge on any atom is -0.316 e. The Balaban J connectivity index is 1.89. The minimum absolute atomic E-state index is 0.143. The van der Waals surface area contributed by atoms with E-state index in [4.69, 9.17) is 0 Å². The zero-order valence-corrected chi connectivity index (χ0v) is 10.3. The zero-order valence-electron chi connectivity index (χ0n) is 10.3. The first-order valence-corrected chi connectivity index (χ1v) is 6.23.